The van der Waals surface area contributed by atoms with Crippen LogP contribution in [0, 0.1) is 30.3 Å². The number of carbonyl (C=O) groups excluding carboxylic acids is 1. The third kappa shape index (κ3) is 5.31. The molecule has 1 amide bonds. The first-order valence-corrected chi connectivity index (χ1v) is 13.1. The van der Waals surface area contributed by atoms with Crippen molar-refractivity contribution in [2.24, 2.45) is 5.92 Å². The maximum absolute atomic E-state index is 14.5. The number of imidazole rings is 1. The van der Waals surface area contributed by atoms with Gasteiger partial charge in [0, 0.05) is 17.8 Å². The number of halogens is 3. The predicted octanol–water partition coefficient (Wildman–Crippen LogP) is 6.30. The van der Waals surface area contributed by atoms with E-state index < -0.39 is 41.5 Å². The number of amides is 1. The maximum atomic E-state index is 14.5. The first kappa shape index (κ1) is 27.4. The summed E-state index contributed by atoms with van der Waals surface area (Å²) in [5, 5.41) is 23.6. The molecule has 0 bridgehead atoms. The molecule has 1 aromatic heterocycles. The normalized spacial score (nSPS) is 15.6. The van der Waals surface area contributed by atoms with Crippen molar-refractivity contribution in [3.63, 3.8) is 0 Å². The minimum atomic E-state index is -1.42. The number of aryl methyl sites for hydroxylation is 1. The van der Waals surface area contributed by atoms with Crippen molar-refractivity contribution in [2.45, 2.75) is 51.2 Å². The van der Waals surface area contributed by atoms with Gasteiger partial charge in [-0.15, -0.1) is 0 Å². The number of carboxylic acids is 1. The van der Waals surface area contributed by atoms with Gasteiger partial charge in [0.05, 0.1) is 16.6 Å². The minimum Gasteiger partial charge on any atom is -0.478 e. The van der Waals surface area contributed by atoms with E-state index in [0.29, 0.717) is 29.7 Å². The Morgan fingerprint density at radius 2 is 1.65 bits per heavy atom. The number of aliphatic hydroxyl groups is 1. The zero-order valence-electron chi connectivity index (χ0n) is 21.7. The second-order valence-corrected chi connectivity index (χ2v) is 10.2. The Labute approximate surface area is 228 Å². The molecule has 3 N–H and O–H groups in total. The Hall–Kier alpha value is -4.18. The molecule has 0 radical (unpaired) electrons. The summed E-state index contributed by atoms with van der Waals surface area (Å²) < 4.78 is 43.9. The van der Waals surface area contributed by atoms with E-state index in [4.69, 9.17) is 0 Å². The topological polar surface area (TPSA) is 104 Å². The van der Waals surface area contributed by atoms with Gasteiger partial charge in [0.2, 0.25) is 5.91 Å². The van der Waals surface area contributed by atoms with Crippen molar-refractivity contribution in [3.8, 4) is 0 Å². The predicted molar refractivity (Wildman–Crippen MR) is 142 cm³/mol. The van der Waals surface area contributed by atoms with E-state index >= 15 is 0 Å². The quantitative estimate of drug-likeness (QED) is 0.250. The Kier molecular flexibility index (Phi) is 7.62. The average Bonchev–Trinajstić information content (AvgIpc) is 3.28. The molecule has 5 rings (SSSR count). The molecular weight excluding hydrogens is 523 g/mol. The fourth-order valence-corrected chi connectivity index (χ4v) is 5.52. The smallest absolute Gasteiger partial charge is 0.335 e. The van der Waals surface area contributed by atoms with Gasteiger partial charge in [-0.3, -0.25) is 4.79 Å². The standard InChI is InChI=1S/C30H28F3N3O4/c1-16-13-19(30(39)40)9-12-23(16)35-29(38)26(17-5-3-2-4-6-17)36-25-15-22(33)21(32)14-24(25)34-28(36)27(37)18-7-10-20(31)11-8-18/h7-15,17,26-27,37H,2-6H2,1H3,(H,35,38)(H,39,40). The molecule has 1 heterocycles. The van der Waals surface area contributed by atoms with E-state index in [0.717, 1.165) is 31.4 Å². The number of anilines is 1. The van der Waals surface area contributed by atoms with Gasteiger partial charge in [-0.25, -0.2) is 22.9 Å². The number of hydrogen-bond acceptors (Lipinski definition) is 4. The highest BCUT2D eigenvalue weighted by atomic mass is 19.2. The van der Waals surface area contributed by atoms with Gasteiger partial charge in [0.25, 0.3) is 0 Å². The Morgan fingerprint density at radius 3 is 2.30 bits per heavy atom. The van der Waals surface area contributed by atoms with Crippen molar-refractivity contribution in [3.05, 3.63) is 94.6 Å². The fraction of sp³-hybridized carbons (Fsp3) is 0.300. The zero-order valence-corrected chi connectivity index (χ0v) is 21.7. The van der Waals surface area contributed by atoms with Crippen LogP contribution >= 0.6 is 0 Å². The summed E-state index contributed by atoms with van der Waals surface area (Å²) in [5.41, 5.74) is 1.50. The number of rotatable bonds is 7. The first-order valence-electron chi connectivity index (χ1n) is 13.1. The molecule has 0 aliphatic heterocycles. The molecule has 2 unspecified atom stereocenters. The van der Waals surface area contributed by atoms with E-state index in [1.165, 1.54) is 47.0 Å². The van der Waals surface area contributed by atoms with Crippen LogP contribution in [-0.4, -0.2) is 31.6 Å². The molecule has 2 atom stereocenters. The van der Waals surface area contributed by atoms with Gasteiger partial charge in [-0.05, 0) is 67.1 Å². The summed E-state index contributed by atoms with van der Waals surface area (Å²) in [7, 11) is 0. The van der Waals surface area contributed by atoms with Crippen LogP contribution in [-0.2, 0) is 4.79 Å². The molecule has 1 saturated carbocycles. The Morgan fingerprint density at radius 1 is 0.975 bits per heavy atom. The van der Waals surface area contributed by atoms with E-state index in [1.54, 1.807) is 6.92 Å². The number of nitrogens with one attached hydrogen (secondary N) is 1. The molecule has 4 aromatic rings. The van der Waals surface area contributed by atoms with Crippen LogP contribution in [0.3, 0.4) is 0 Å². The summed E-state index contributed by atoms with van der Waals surface area (Å²) in [5.74, 6) is -4.52. The zero-order chi connectivity index (χ0) is 28.6. The van der Waals surface area contributed by atoms with Crippen molar-refractivity contribution in [1.29, 1.82) is 0 Å². The third-order valence-electron chi connectivity index (χ3n) is 7.56. The highest BCUT2D eigenvalue weighted by molar-refractivity contribution is 5.97. The number of hydrogen-bond donors (Lipinski definition) is 3. The van der Waals surface area contributed by atoms with Crippen molar-refractivity contribution >= 4 is 28.6 Å². The van der Waals surface area contributed by atoms with Gasteiger partial charge < -0.3 is 20.1 Å². The maximum Gasteiger partial charge on any atom is 0.335 e. The molecule has 1 aliphatic rings. The highest BCUT2D eigenvalue weighted by Gasteiger charge is 2.36. The van der Waals surface area contributed by atoms with E-state index in [2.05, 4.69) is 10.3 Å². The van der Waals surface area contributed by atoms with Crippen LogP contribution in [0.15, 0.2) is 54.6 Å². The van der Waals surface area contributed by atoms with Gasteiger partial charge in [-0.2, -0.15) is 0 Å². The molecule has 0 spiro atoms. The van der Waals surface area contributed by atoms with Gasteiger partial charge in [0.15, 0.2) is 11.6 Å². The van der Waals surface area contributed by atoms with E-state index in [9.17, 15) is 33.0 Å². The largest absolute Gasteiger partial charge is 0.478 e. The monoisotopic (exact) mass is 551 g/mol. The second-order valence-electron chi connectivity index (χ2n) is 10.2. The molecule has 40 heavy (non-hydrogen) atoms. The molecule has 0 saturated heterocycles. The Balaban J connectivity index is 1.66. The Bertz CT molecular complexity index is 1580. The number of aromatic nitrogens is 2. The average molecular weight is 552 g/mol. The molecule has 7 nitrogen and oxygen atoms in total. The lowest BCUT2D eigenvalue weighted by Crippen LogP contribution is -2.35. The fourth-order valence-electron chi connectivity index (χ4n) is 5.52. The lowest BCUT2D eigenvalue weighted by Gasteiger charge is -2.32. The van der Waals surface area contributed by atoms with E-state index in [1.807, 2.05) is 0 Å². The van der Waals surface area contributed by atoms with Gasteiger partial charge in [-0.1, -0.05) is 31.4 Å². The summed E-state index contributed by atoms with van der Waals surface area (Å²) in [4.78, 5) is 29.9. The van der Waals surface area contributed by atoms with Crippen LogP contribution in [0.25, 0.3) is 11.0 Å². The number of carboxylic acid groups (broad SMARTS) is 1. The number of carbonyl (C=O) groups is 2. The lowest BCUT2D eigenvalue weighted by molar-refractivity contribution is -0.121. The van der Waals surface area contributed by atoms with Crippen LogP contribution < -0.4 is 5.32 Å². The number of nitrogens with zero attached hydrogens (tertiary/aromatic N) is 2. The number of benzene rings is 3. The molecule has 1 aliphatic carbocycles. The minimum absolute atomic E-state index is 0.00437. The number of fused-ring (bicyclic) bond motifs is 1. The molecule has 208 valence electrons. The van der Waals surface area contributed by atoms with E-state index in [-0.39, 0.29) is 28.3 Å². The highest BCUT2D eigenvalue weighted by Crippen LogP contribution is 2.39. The summed E-state index contributed by atoms with van der Waals surface area (Å²) in [6.07, 6.45) is 2.68. The molecule has 1 fully saturated rings. The molecule has 10 heteroatoms. The number of aliphatic hydroxyl groups excluding tert-OH is 1. The second kappa shape index (κ2) is 11.1. The molecule has 3 aromatic carbocycles. The van der Waals surface area contributed by atoms with Crippen LogP contribution in [0.2, 0.25) is 0 Å². The van der Waals surface area contributed by atoms with Crippen LogP contribution in [0.4, 0.5) is 18.9 Å². The van der Waals surface area contributed by atoms with Crippen molar-refractivity contribution in [2.75, 3.05) is 5.32 Å². The SMILES string of the molecule is Cc1cc(C(=O)O)ccc1NC(=O)C(C1CCCCC1)n1c(C(O)c2ccc(F)cc2)nc2cc(F)c(F)cc21. The van der Waals surface area contributed by atoms with Crippen LogP contribution in [0.5, 0.6) is 0 Å². The van der Waals surface area contributed by atoms with Crippen LogP contribution in [0.1, 0.15) is 71.6 Å². The summed E-state index contributed by atoms with van der Waals surface area (Å²) in [6.45, 7) is 1.67. The summed E-state index contributed by atoms with van der Waals surface area (Å²) >= 11 is 0. The molecular formula is C30H28F3N3O4. The first-order chi connectivity index (χ1) is 19.1. The van der Waals surface area contributed by atoms with Crippen molar-refractivity contribution < 1.29 is 33.0 Å². The summed E-state index contributed by atoms with van der Waals surface area (Å²) in [6, 6.07) is 10.4. The van der Waals surface area contributed by atoms with Gasteiger partial charge >= 0.3 is 5.97 Å². The number of aromatic carboxylic acids is 1. The van der Waals surface area contributed by atoms with Crippen molar-refractivity contribution in [1.82, 2.24) is 9.55 Å². The third-order valence-corrected chi connectivity index (χ3v) is 7.56. The van der Waals surface area contributed by atoms with Gasteiger partial charge in [0.1, 0.15) is 23.8 Å². The lowest BCUT2D eigenvalue weighted by atomic mass is 9.83.